The molecular weight excluding hydrogens is 476 g/mol. The van der Waals surface area contributed by atoms with E-state index in [0.717, 1.165) is 49.4 Å². The molecule has 212 valence electrons. The number of aliphatic hydroxyl groups excluding tert-OH is 1. The zero-order valence-corrected chi connectivity index (χ0v) is 24.4. The molecule has 2 bridgehead atoms. The lowest BCUT2D eigenvalue weighted by molar-refractivity contribution is 0.0770. The van der Waals surface area contributed by atoms with Gasteiger partial charge in [0.2, 0.25) is 0 Å². The first-order valence-corrected chi connectivity index (χ1v) is 14.5. The first-order chi connectivity index (χ1) is 17.9. The molecular formula is C31H50N4O3. The van der Waals surface area contributed by atoms with Crippen LogP contribution in [0, 0.1) is 11.3 Å². The van der Waals surface area contributed by atoms with Crippen LogP contribution in [0.4, 0.5) is 5.69 Å². The zero-order valence-electron chi connectivity index (χ0n) is 24.4. The highest BCUT2D eigenvalue weighted by molar-refractivity contribution is 5.95. The first kappa shape index (κ1) is 30.2. The molecule has 3 atom stereocenters. The SMILES string of the molecule is C[C@@H]1CCCCCCCNc2cccc(c2)C(=O)N[C@H]([C@H](O)CNC(C)(C)c2cc(CC(C)(C)C)on2)C1. The number of hydrogen-bond acceptors (Lipinski definition) is 6. The molecule has 0 radical (unpaired) electrons. The number of amides is 1. The average Bonchev–Trinajstić information content (AvgIpc) is 3.31. The topological polar surface area (TPSA) is 99.4 Å². The van der Waals surface area contributed by atoms with E-state index in [1.54, 1.807) is 0 Å². The maximum Gasteiger partial charge on any atom is 0.251 e. The normalized spacial score (nSPS) is 21.4. The van der Waals surface area contributed by atoms with Crippen molar-refractivity contribution < 1.29 is 14.4 Å². The first-order valence-electron chi connectivity index (χ1n) is 14.5. The predicted molar refractivity (Wildman–Crippen MR) is 154 cm³/mol. The van der Waals surface area contributed by atoms with Gasteiger partial charge in [-0.25, -0.2) is 0 Å². The van der Waals surface area contributed by atoms with E-state index in [-0.39, 0.29) is 17.4 Å². The van der Waals surface area contributed by atoms with Crippen LogP contribution < -0.4 is 16.0 Å². The van der Waals surface area contributed by atoms with Crippen LogP contribution in [0.5, 0.6) is 0 Å². The van der Waals surface area contributed by atoms with E-state index in [0.29, 0.717) is 18.0 Å². The van der Waals surface area contributed by atoms with E-state index in [9.17, 15) is 9.90 Å². The highest BCUT2D eigenvalue weighted by Gasteiger charge is 2.30. The van der Waals surface area contributed by atoms with Crippen molar-refractivity contribution in [1.82, 2.24) is 15.8 Å². The number of aliphatic hydroxyl groups is 1. The molecule has 0 saturated heterocycles. The smallest absolute Gasteiger partial charge is 0.251 e. The molecule has 0 spiro atoms. The molecule has 0 aliphatic carbocycles. The van der Waals surface area contributed by atoms with Gasteiger partial charge in [-0.15, -0.1) is 0 Å². The van der Waals surface area contributed by atoms with Gasteiger partial charge in [0, 0.05) is 36.8 Å². The predicted octanol–water partition coefficient (Wildman–Crippen LogP) is 6.04. The Hall–Kier alpha value is -2.38. The number of carbonyl (C=O) groups is 1. The molecule has 2 heterocycles. The largest absolute Gasteiger partial charge is 0.390 e. The molecule has 3 rings (SSSR count). The summed E-state index contributed by atoms with van der Waals surface area (Å²) in [6, 6.07) is 9.27. The zero-order chi connectivity index (χ0) is 27.8. The molecule has 4 N–H and O–H groups in total. The molecule has 0 unspecified atom stereocenters. The second-order valence-corrected chi connectivity index (χ2v) is 13.0. The van der Waals surface area contributed by atoms with Crippen molar-refractivity contribution in [3.63, 3.8) is 0 Å². The van der Waals surface area contributed by atoms with Crippen LogP contribution in [0.25, 0.3) is 0 Å². The number of fused-ring (bicyclic) bond motifs is 2. The number of anilines is 1. The van der Waals surface area contributed by atoms with Gasteiger partial charge in [0.05, 0.1) is 17.7 Å². The Labute approximate surface area is 229 Å². The fraction of sp³-hybridized carbons (Fsp3) is 0.677. The van der Waals surface area contributed by atoms with Gasteiger partial charge in [0.25, 0.3) is 5.91 Å². The molecule has 38 heavy (non-hydrogen) atoms. The highest BCUT2D eigenvalue weighted by atomic mass is 16.5. The Morgan fingerprint density at radius 2 is 1.84 bits per heavy atom. The molecule has 1 aliphatic rings. The summed E-state index contributed by atoms with van der Waals surface area (Å²) in [5.41, 5.74) is 1.99. The minimum atomic E-state index is -0.748. The maximum absolute atomic E-state index is 13.2. The Morgan fingerprint density at radius 3 is 2.61 bits per heavy atom. The Morgan fingerprint density at radius 1 is 1.11 bits per heavy atom. The number of hydrogen-bond donors (Lipinski definition) is 4. The Balaban J connectivity index is 1.70. The standard InChI is InChI=1S/C31H50N4O3/c1-22-13-10-8-7-9-11-16-32-24-15-12-14-23(18-24)29(37)34-26(17-22)27(36)21-33-31(5,6)28-19-25(38-35-28)20-30(2,3)4/h12,14-15,18-19,22,26-27,32-33,36H,7-11,13,16-17,20-21H2,1-6H3,(H,34,37)/t22-,26+,27-/m1/s1. The summed E-state index contributed by atoms with van der Waals surface area (Å²) in [4.78, 5) is 13.2. The van der Waals surface area contributed by atoms with Crippen LogP contribution in [-0.2, 0) is 12.0 Å². The van der Waals surface area contributed by atoms with Crippen LogP contribution in [0.15, 0.2) is 34.9 Å². The van der Waals surface area contributed by atoms with Gasteiger partial charge in [0.1, 0.15) is 11.5 Å². The summed E-state index contributed by atoms with van der Waals surface area (Å²) in [6.07, 6.45) is 7.89. The van der Waals surface area contributed by atoms with Crippen molar-refractivity contribution in [1.29, 1.82) is 0 Å². The summed E-state index contributed by atoms with van der Waals surface area (Å²) in [5.74, 6) is 1.11. The van der Waals surface area contributed by atoms with E-state index < -0.39 is 11.6 Å². The third-order valence-corrected chi connectivity index (χ3v) is 7.42. The maximum atomic E-state index is 13.2. The molecule has 1 aliphatic heterocycles. The molecule has 7 heteroatoms. The van der Waals surface area contributed by atoms with E-state index in [1.807, 2.05) is 44.2 Å². The number of nitrogens with one attached hydrogen (secondary N) is 3. The number of rotatable bonds is 6. The molecule has 7 nitrogen and oxygen atoms in total. The summed E-state index contributed by atoms with van der Waals surface area (Å²) < 4.78 is 5.60. The van der Waals surface area contributed by atoms with Gasteiger partial charge >= 0.3 is 0 Å². The van der Waals surface area contributed by atoms with Crippen molar-refractivity contribution in [3.8, 4) is 0 Å². The Kier molecular flexibility index (Phi) is 10.8. The molecule has 1 aromatic carbocycles. The summed E-state index contributed by atoms with van der Waals surface area (Å²) >= 11 is 0. The fourth-order valence-electron chi connectivity index (χ4n) is 5.07. The number of nitrogens with zero attached hydrogens (tertiary/aromatic N) is 1. The lowest BCUT2D eigenvalue weighted by atomic mass is 9.90. The van der Waals surface area contributed by atoms with Gasteiger partial charge in [0.15, 0.2) is 0 Å². The lowest BCUT2D eigenvalue weighted by Gasteiger charge is -2.31. The number of carbonyl (C=O) groups excluding carboxylic acids is 1. The van der Waals surface area contributed by atoms with Crippen molar-refractivity contribution in [2.24, 2.45) is 11.3 Å². The summed E-state index contributed by atoms with van der Waals surface area (Å²) in [5, 5.41) is 25.7. The Bertz CT molecular complexity index is 1010. The van der Waals surface area contributed by atoms with Crippen LogP contribution in [0.2, 0.25) is 0 Å². The van der Waals surface area contributed by atoms with Gasteiger partial charge < -0.3 is 25.6 Å². The van der Waals surface area contributed by atoms with Crippen LogP contribution >= 0.6 is 0 Å². The molecule has 1 aromatic heterocycles. The average molecular weight is 527 g/mol. The van der Waals surface area contributed by atoms with E-state index in [2.05, 4.69) is 48.8 Å². The lowest BCUT2D eigenvalue weighted by Crippen LogP contribution is -2.51. The van der Waals surface area contributed by atoms with Gasteiger partial charge in [-0.05, 0) is 56.2 Å². The van der Waals surface area contributed by atoms with Crippen LogP contribution in [0.1, 0.15) is 108 Å². The monoisotopic (exact) mass is 526 g/mol. The van der Waals surface area contributed by atoms with Crippen molar-refractivity contribution in [2.45, 2.75) is 111 Å². The molecule has 1 amide bonds. The summed E-state index contributed by atoms with van der Waals surface area (Å²) in [7, 11) is 0. The third-order valence-electron chi connectivity index (χ3n) is 7.42. The van der Waals surface area contributed by atoms with Gasteiger partial charge in [-0.2, -0.15) is 0 Å². The number of benzene rings is 1. The minimum absolute atomic E-state index is 0.110. The second kappa shape index (κ2) is 13.6. The van der Waals surface area contributed by atoms with E-state index >= 15 is 0 Å². The van der Waals surface area contributed by atoms with Crippen LogP contribution in [0.3, 0.4) is 0 Å². The number of aromatic nitrogens is 1. The molecule has 0 fully saturated rings. The highest BCUT2D eigenvalue weighted by Crippen LogP contribution is 2.26. The van der Waals surface area contributed by atoms with Crippen molar-refractivity contribution in [2.75, 3.05) is 18.4 Å². The quantitative estimate of drug-likeness (QED) is 0.366. The van der Waals surface area contributed by atoms with E-state index in [4.69, 9.17) is 4.52 Å². The van der Waals surface area contributed by atoms with Crippen molar-refractivity contribution >= 4 is 11.6 Å². The van der Waals surface area contributed by atoms with Gasteiger partial charge in [-0.1, -0.05) is 71.0 Å². The third kappa shape index (κ3) is 9.73. The minimum Gasteiger partial charge on any atom is -0.390 e. The second-order valence-electron chi connectivity index (χ2n) is 13.0. The van der Waals surface area contributed by atoms with Crippen molar-refractivity contribution in [3.05, 3.63) is 47.3 Å². The van der Waals surface area contributed by atoms with E-state index in [1.165, 1.54) is 25.7 Å². The molecule has 0 saturated carbocycles. The van der Waals surface area contributed by atoms with Crippen LogP contribution in [-0.4, -0.2) is 41.4 Å². The summed E-state index contributed by atoms with van der Waals surface area (Å²) in [6.45, 7) is 14.1. The fourth-order valence-corrected chi connectivity index (χ4v) is 5.07. The molecule has 2 aromatic rings. The van der Waals surface area contributed by atoms with Gasteiger partial charge in [-0.3, -0.25) is 4.79 Å².